The van der Waals surface area contributed by atoms with Gasteiger partial charge in [0.25, 0.3) is 0 Å². The third-order valence-electron chi connectivity index (χ3n) is 3.43. The summed E-state index contributed by atoms with van der Waals surface area (Å²) in [5, 5.41) is 10.0. The zero-order valence-electron chi connectivity index (χ0n) is 9.84. The third kappa shape index (κ3) is 1.82. The van der Waals surface area contributed by atoms with E-state index in [1.807, 2.05) is 10.6 Å². The maximum absolute atomic E-state index is 8.30. The monoisotopic (exact) mass is 281 g/mol. The van der Waals surface area contributed by atoms with E-state index in [1.54, 1.807) is 6.07 Å². The Balaban J connectivity index is 2.38. The first-order chi connectivity index (χ1) is 8.68. The minimum absolute atomic E-state index is 0.454. The highest BCUT2D eigenvalue weighted by molar-refractivity contribution is 6.44. The largest absolute Gasteiger partial charge is 0.314 e. The van der Waals surface area contributed by atoms with Crippen LogP contribution in [0.25, 0.3) is 10.9 Å². The van der Waals surface area contributed by atoms with E-state index >= 15 is 0 Å². The molecule has 0 bridgehead atoms. The molecule has 0 unspecified atom stereocenters. The maximum Gasteiger partial charge on any atom is 0.135 e. The third-order valence-corrected chi connectivity index (χ3v) is 4.22. The van der Waals surface area contributed by atoms with Crippen molar-refractivity contribution >= 4 is 34.1 Å². The van der Waals surface area contributed by atoms with Gasteiger partial charge in [0.15, 0.2) is 0 Å². The van der Waals surface area contributed by atoms with E-state index in [0.717, 1.165) is 37.0 Å². The van der Waals surface area contributed by atoms with Gasteiger partial charge in [-0.1, -0.05) is 29.6 Å². The van der Waals surface area contributed by atoms with Crippen LogP contribution in [-0.2, 0) is 13.0 Å². The molecule has 2 aromatic rings. The Bertz CT molecular complexity index is 676. The Kier molecular flexibility index (Phi) is 3.04. The SMILES string of the molecule is N=c1c2ccc(Cl)c(Cl)c2nc2n1CCCCC2. The van der Waals surface area contributed by atoms with Crippen LogP contribution in [0.2, 0.25) is 10.0 Å². The molecule has 0 spiro atoms. The summed E-state index contributed by atoms with van der Waals surface area (Å²) in [6.07, 6.45) is 4.33. The van der Waals surface area contributed by atoms with Crippen molar-refractivity contribution in [1.29, 1.82) is 5.41 Å². The van der Waals surface area contributed by atoms with Gasteiger partial charge < -0.3 is 4.57 Å². The van der Waals surface area contributed by atoms with Gasteiger partial charge in [0.2, 0.25) is 0 Å². The minimum atomic E-state index is 0.454. The van der Waals surface area contributed by atoms with Gasteiger partial charge in [0.05, 0.1) is 15.6 Å². The topological polar surface area (TPSA) is 41.7 Å². The Labute approximate surface area is 115 Å². The number of hydrogen-bond donors (Lipinski definition) is 1. The van der Waals surface area contributed by atoms with Crippen LogP contribution in [0.5, 0.6) is 0 Å². The summed E-state index contributed by atoms with van der Waals surface area (Å²) in [5.41, 5.74) is 1.15. The molecule has 1 aromatic carbocycles. The molecule has 1 aliphatic heterocycles. The molecule has 0 aliphatic carbocycles. The standard InChI is InChI=1S/C13H13Cl2N3/c14-9-6-5-8-12(11(9)15)17-10-4-2-1-3-7-18(10)13(8)16/h5-6,16H,1-4,7H2. The molecule has 0 saturated heterocycles. The molecule has 1 aliphatic rings. The van der Waals surface area contributed by atoms with Crippen LogP contribution >= 0.6 is 23.2 Å². The van der Waals surface area contributed by atoms with Gasteiger partial charge in [-0.2, -0.15) is 0 Å². The van der Waals surface area contributed by atoms with Crippen molar-refractivity contribution in [3.8, 4) is 0 Å². The van der Waals surface area contributed by atoms with E-state index in [1.165, 1.54) is 6.42 Å². The highest BCUT2D eigenvalue weighted by Crippen LogP contribution is 2.28. The molecule has 3 nitrogen and oxygen atoms in total. The molecule has 18 heavy (non-hydrogen) atoms. The number of fused-ring (bicyclic) bond motifs is 2. The van der Waals surface area contributed by atoms with Crippen molar-refractivity contribution < 1.29 is 0 Å². The quantitative estimate of drug-likeness (QED) is 0.788. The van der Waals surface area contributed by atoms with Crippen molar-refractivity contribution in [1.82, 2.24) is 9.55 Å². The van der Waals surface area contributed by atoms with Crippen molar-refractivity contribution in [3.05, 3.63) is 33.5 Å². The smallest absolute Gasteiger partial charge is 0.135 e. The van der Waals surface area contributed by atoms with Gasteiger partial charge in [-0.25, -0.2) is 4.98 Å². The van der Waals surface area contributed by atoms with E-state index in [4.69, 9.17) is 28.6 Å². The molecule has 1 N–H and O–H groups in total. The van der Waals surface area contributed by atoms with Gasteiger partial charge >= 0.3 is 0 Å². The van der Waals surface area contributed by atoms with Crippen LogP contribution in [-0.4, -0.2) is 9.55 Å². The fourth-order valence-corrected chi connectivity index (χ4v) is 2.83. The summed E-state index contributed by atoms with van der Waals surface area (Å²) in [4.78, 5) is 4.62. The van der Waals surface area contributed by atoms with Crippen molar-refractivity contribution in [2.45, 2.75) is 32.2 Å². The van der Waals surface area contributed by atoms with E-state index in [-0.39, 0.29) is 0 Å². The lowest BCUT2D eigenvalue weighted by Crippen LogP contribution is -2.24. The van der Waals surface area contributed by atoms with E-state index in [2.05, 4.69) is 4.98 Å². The summed E-state index contributed by atoms with van der Waals surface area (Å²) in [7, 11) is 0. The van der Waals surface area contributed by atoms with Crippen LogP contribution < -0.4 is 5.49 Å². The molecule has 2 heterocycles. The first kappa shape index (κ1) is 12.0. The number of halogens is 2. The van der Waals surface area contributed by atoms with Gasteiger partial charge in [-0.15, -0.1) is 0 Å². The van der Waals surface area contributed by atoms with E-state index in [0.29, 0.717) is 21.0 Å². The molecular weight excluding hydrogens is 269 g/mol. The van der Waals surface area contributed by atoms with Crippen LogP contribution in [0.15, 0.2) is 12.1 Å². The molecule has 0 fully saturated rings. The highest BCUT2D eigenvalue weighted by Gasteiger charge is 2.14. The number of benzene rings is 1. The molecule has 0 atom stereocenters. The van der Waals surface area contributed by atoms with Crippen LogP contribution in [0.4, 0.5) is 0 Å². The van der Waals surface area contributed by atoms with Crippen LogP contribution in [0.3, 0.4) is 0 Å². The average Bonchev–Trinajstić information content (AvgIpc) is 2.60. The molecule has 0 radical (unpaired) electrons. The molecule has 1 aromatic heterocycles. The van der Waals surface area contributed by atoms with Gasteiger partial charge in [-0.05, 0) is 25.0 Å². The number of rotatable bonds is 0. The normalized spacial score (nSPS) is 15.4. The predicted molar refractivity (Wildman–Crippen MR) is 73.2 cm³/mol. The van der Waals surface area contributed by atoms with Crippen LogP contribution in [0, 0.1) is 5.41 Å². The lowest BCUT2D eigenvalue weighted by Gasteiger charge is -2.12. The Hall–Kier alpha value is -1.06. The highest BCUT2D eigenvalue weighted by atomic mass is 35.5. The average molecular weight is 282 g/mol. The van der Waals surface area contributed by atoms with Gasteiger partial charge in [0, 0.05) is 18.4 Å². The molecule has 5 heteroatoms. The number of hydrogen-bond acceptors (Lipinski definition) is 2. The minimum Gasteiger partial charge on any atom is -0.314 e. The first-order valence-electron chi connectivity index (χ1n) is 6.10. The van der Waals surface area contributed by atoms with Gasteiger partial charge in [0.1, 0.15) is 11.3 Å². The molecule has 0 saturated carbocycles. The second kappa shape index (κ2) is 4.56. The number of nitrogens with zero attached hydrogens (tertiary/aromatic N) is 2. The zero-order valence-corrected chi connectivity index (χ0v) is 11.4. The van der Waals surface area contributed by atoms with E-state index < -0.39 is 0 Å². The van der Waals surface area contributed by atoms with Crippen LogP contribution in [0.1, 0.15) is 25.1 Å². The number of aryl methyl sites for hydroxylation is 1. The summed E-state index contributed by atoms with van der Waals surface area (Å²) in [6, 6.07) is 3.56. The van der Waals surface area contributed by atoms with Crippen molar-refractivity contribution in [2.75, 3.05) is 0 Å². The summed E-state index contributed by atoms with van der Waals surface area (Å²) < 4.78 is 2.00. The van der Waals surface area contributed by atoms with Gasteiger partial charge in [-0.3, -0.25) is 5.41 Å². The second-order valence-corrected chi connectivity index (χ2v) is 5.38. The number of aromatic nitrogens is 2. The maximum atomic E-state index is 8.30. The molecule has 3 rings (SSSR count). The fourth-order valence-electron chi connectivity index (χ4n) is 2.47. The predicted octanol–water partition coefficient (Wildman–Crippen LogP) is 3.55. The lowest BCUT2D eigenvalue weighted by molar-refractivity contribution is 0.602. The first-order valence-corrected chi connectivity index (χ1v) is 6.86. The fraction of sp³-hybridized carbons (Fsp3) is 0.385. The summed E-state index contributed by atoms with van der Waals surface area (Å²) >= 11 is 12.2. The Morgan fingerprint density at radius 3 is 2.83 bits per heavy atom. The van der Waals surface area contributed by atoms with Crippen molar-refractivity contribution in [3.63, 3.8) is 0 Å². The lowest BCUT2D eigenvalue weighted by atomic mass is 10.2. The number of nitrogens with one attached hydrogen (secondary N) is 1. The van der Waals surface area contributed by atoms with E-state index in [9.17, 15) is 0 Å². The second-order valence-electron chi connectivity index (χ2n) is 4.60. The molecule has 94 valence electrons. The summed E-state index contributed by atoms with van der Waals surface area (Å²) in [6.45, 7) is 0.872. The Morgan fingerprint density at radius 2 is 2.00 bits per heavy atom. The zero-order chi connectivity index (χ0) is 12.7. The Morgan fingerprint density at radius 1 is 1.17 bits per heavy atom. The molecule has 0 amide bonds. The summed E-state index contributed by atoms with van der Waals surface area (Å²) in [5.74, 6) is 0.953. The van der Waals surface area contributed by atoms with Crippen molar-refractivity contribution in [2.24, 2.45) is 0 Å². The molecular formula is C13H13Cl2N3.